The molecule has 0 heterocycles. The highest BCUT2D eigenvalue weighted by atomic mass is 16.7. The summed E-state index contributed by atoms with van der Waals surface area (Å²) >= 11 is 0. The zero-order valence-corrected chi connectivity index (χ0v) is 21.6. The molecule has 188 valence electrons. The topological polar surface area (TPSA) is 61.8 Å². The predicted octanol–water partition coefficient (Wildman–Crippen LogP) is 5.84. The van der Waals surface area contributed by atoms with Crippen LogP contribution in [0.15, 0.2) is 30.3 Å². The minimum atomic E-state index is -1.06. The Balaban J connectivity index is 1.65. The van der Waals surface area contributed by atoms with Crippen LogP contribution in [0.4, 0.5) is 0 Å². The van der Waals surface area contributed by atoms with Gasteiger partial charge in [-0.05, 0) is 56.4 Å². The van der Waals surface area contributed by atoms with E-state index in [1.54, 1.807) is 0 Å². The summed E-state index contributed by atoms with van der Waals surface area (Å²) in [5, 5.41) is 0. The number of ether oxygens (including phenoxy) is 3. The Hall–Kier alpha value is -1.72. The maximum Gasteiger partial charge on any atom is 0.318 e. The molecule has 0 spiro atoms. The Bertz CT molecular complexity index is 872. The molecule has 5 nitrogen and oxygen atoms in total. The monoisotopic (exact) mass is 470 g/mol. The van der Waals surface area contributed by atoms with Crippen LogP contribution in [0.25, 0.3) is 0 Å². The van der Waals surface area contributed by atoms with Gasteiger partial charge in [0.05, 0.1) is 0 Å². The van der Waals surface area contributed by atoms with Crippen LogP contribution in [0.5, 0.6) is 0 Å². The highest BCUT2D eigenvalue weighted by molar-refractivity contribution is 5.93. The number of hydrogen-bond donors (Lipinski definition) is 0. The smallest absolute Gasteiger partial charge is 0.318 e. The number of hydrogen-bond acceptors (Lipinski definition) is 5. The van der Waals surface area contributed by atoms with Gasteiger partial charge in [-0.25, -0.2) is 0 Å². The fraction of sp³-hybridized carbons (Fsp3) is 0.724. The molecule has 5 atom stereocenters. The van der Waals surface area contributed by atoms with Crippen LogP contribution in [0.2, 0.25) is 0 Å². The fourth-order valence-electron chi connectivity index (χ4n) is 7.12. The summed E-state index contributed by atoms with van der Waals surface area (Å²) in [6.07, 6.45) is 5.02. The molecule has 3 saturated carbocycles. The lowest BCUT2D eigenvalue weighted by atomic mass is 9.48. The Kier molecular flexibility index (Phi) is 7.26. The molecule has 0 aliphatic heterocycles. The van der Waals surface area contributed by atoms with Crippen molar-refractivity contribution >= 4 is 11.8 Å². The number of rotatable bonds is 8. The molecule has 0 aromatic heterocycles. The van der Waals surface area contributed by atoms with Crippen LogP contribution in [0.1, 0.15) is 85.1 Å². The molecule has 0 amide bonds. The maximum atomic E-state index is 14.1. The molecule has 0 bridgehead atoms. The lowest BCUT2D eigenvalue weighted by Gasteiger charge is -2.62. The van der Waals surface area contributed by atoms with Gasteiger partial charge in [-0.15, -0.1) is 0 Å². The average molecular weight is 471 g/mol. The Morgan fingerprint density at radius 1 is 1.09 bits per heavy atom. The average Bonchev–Trinajstić information content (AvgIpc) is 2.80. The third kappa shape index (κ3) is 4.03. The number of carbonyl (C=O) groups excluding carboxylic acids is 2. The second kappa shape index (κ2) is 9.73. The molecule has 0 N–H and O–H groups in total. The van der Waals surface area contributed by atoms with Crippen LogP contribution < -0.4 is 0 Å². The van der Waals surface area contributed by atoms with E-state index in [2.05, 4.69) is 45.0 Å². The first-order valence-corrected chi connectivity index (χ1v) is 13.3. The van der Waals surface area contributed by atoms with Crippen molar-refractivity contribution in [1.82, 2.24) is 0 Å². The number of carbonyl (C=O) groups is 2. The second-order valence-electron chi connectivity index (χ2n) is 11.2. The van der Waals surface area contributed by atoms with Gasteiger partial charge in [0, 0.05) is 37.9 Å². The zero-order valence-electron chi connectivity index (χ0n) is 21.6. The van der Waals surface area contributed by atoms with E-state index in [-0.39, 0.29) is 35.1 Å². The normalized spacial score (nSPS) is 33.0. The fourth-order valence-corrected chi connectivity index (χ4v) is 7.12. The van der Waals surface area contributed by atoms with Gasteiger partial charge in [0.1, 0.15) is 17.3 Å². The molecule has 0 unspecified atom stereocenters. The highest BCUT2D eigenvalue weighted by Crippen LogP contribution is 2.63. The molecule has 0 radical (unpaired) electrons. The molecule has 3 aliphatic carbocycles. The van der Waals surface area contributed by atoms with Gasteiger partial charge in [0.2, 0.25) is 0 Å². The van der Waals surface area contributed by atoms with Crippen molar-refractivity contribution in [2.24, 2.45) is 23.2 Å². The second-order valence-corrected chi connectivity index (χ2v) is 11.2. The molecule has 1 aromatic carbocycles. The molecule has 0 saturated heterocycles. The lowest BCUT2D eigenvalue weighted by Crippen LogP contribution is -2.73. The molecule has 34 heavy (non-hydrogen) atoms. The number of Topliss-reactive ketones (excluding diaryl/α,β-unsaturated/α-hetero) is 1. The molecular formula is C29H42O5. The quantitative estimate of drug-likeness (QED) is 0.353. The van der Waals surface area contributed by atoms with Gasteiger partial charge in [0.25, 0.3) is 0 Å². The highest BCUT2D eigenvalue weighted by Gasteiger charge is 2.75. The van der Waals surface area contributed by atoms with E-state index >= 15 is 0 Å². The SMILES string of the molecule is CCOC1(OCC)C[C@@H]2C(=O)CCC[C@@]21C(=O)O[C@H]1C[C@@H](C)CC[C@@H]1C(C)(C)c1ccccc1. The van der Waals surface area contributed by atoms with Crippen molar-refractivity contribution in [2.45, 2.75) is 96.9 Å². The van der Waals surface area contributed by atoms with Crippen molar-refractivity contribution < 1.29 is 23.8 Å². The van der Waals surface area contributed by atoms with Gasteiger partial charge >= 0.3 is 5.97 Å². The zero-order chi connectivity index (χ0) is 24.6. The lowest BCUT2D eigenvalue weighted by molar-refractivity contribution is -0.364. The first-order chi connectivity index (χ1) is 16.2. The van der Waals surface area contributed by atoms with E-state index in [0.29, 0.717) is 44.8 Å². The Labute approximate surface area is 204 Å². The summed E-state index contributed by atoms with van der Waals surface area (Å²) in [5.74, 6) is -0.861. The molecule has 4 rings (SSSR count). The number of ketones is 1. The van der Waals surface area contributed by atoms with E-state index in [4.69, 9.17) is 14.2 Å². The molecular weight excluding hydrogens is 428 g/mol. The van der Waals surface area contributed by atoms with Gasteiger partial charge in [-0.1, -0.05) is 57.5 Å². The van der Waals surface area contributed by atoms with Crippen LogP contribution >= 0.6 is 0 Å². The minimum absolute atomic E-state index is 0.137. The van der Waals surface area contributed by atoms with Gasteiger partial charge in [-0.2, -0.15) is 0 Å². The van der Waals surface area contributed by atoms with Crippen molar-refractivity contribution in [3.63, 3.8) is 0 Å². The third-order valence-corrected chi connectivity index (χ3v) is 9.01. The van der Waals surface area contributed by atoms with Crippen LogP contribution in [0.3, 0.4) is 0 Å². The van der Waals surface area contributed by atoms with E-state index < -0.39 is 11.2 Å². The van der Waals surface area contributed by atoms with Crippen molar-refractivity contribution in [1.29, 1.82) is 0 Å². The first kappa shape index (κ1) is 25.4. The van der Waals surface area contributed by atoms with Crippen LogP contribution in [-0.2, 0) is 29.2 Å². The number of esters is 1. The molecule has 1 aromatic rings. The summed E-state index contributed by atoms with van der Waals surface area (Å²) in [5.41, 5.74) is 0.0971. The maximum absolute atomic E-state index is 14.1. The number of fused-ring (bicyclic) bond motifs is 1. The van der Waals surface area contributed by atoms with Gasteiger partial charge in [-0.3, -0.25) is 9.59 Å². The molecule has 3 fully saturated rings. The summed E-state index contributed by atoms with van der Waals surface area (Å²) in [4.78, 5) is 27.0. The van der Waals surface area contributed by atoms with Gasteiger partial charge < -0.3 is 14.2 Å². The summed E-state index contributed by atoms with van der Waals surface area (Å²) in [7, 11) is 0. The third-order valence-electron chi connectivity index (χ3n) is 9.01. The largest absolute Gasteiger partial charge is 0.461 e. The van der Waals surface area contributed by atoms with Crippen LogP contribution in [0, 0.1) is 23.2 Å². The summed E-state index contributed by atoms with van der Waals surface area (Å²) < 4.78 is 18.8. The van der Waals surface area contributed by atoms with Crippen molar-refractivity contribution in [2.75, 3.05) is 13.2 Å². The van der Waals surface area contributed by atoms with E-state index in [9.17, 15) is 9.59 Å². The Morgan fingerprint density at radius 2 is 1.76 bits per heavy atom. The van der Waals surface area contributed by atoms with Gasteiger partial charge in [0.15, 0.2) is 5.79 Å². The van der Waals surface area contributed by atoms with Crippen molar-refractivity contribution in [3.05, 3.63) is 35.9 Å². The number of benzene rings is 1. The van der Waals surface area contributed by atoms with Crippen LogP contribution in [-0.4, -0.2) is 36.9 Å². The van der Waals surface area contributed by atoms with Crippen molar-refractivity contribution in [3.8, 4) is 0 Å². The van der Waals surface area contributed by atoms with E-state index in [0.717, 1.165) is 19.3 Å². The predicted molar refractivity (Wildman–Crippen MR) is 131 cm³/mol. The van der Waals surface area contributed by atoms with E-state index in [1.165, 1.54) is 5.56 Å². The van der Waals surface area contributed by atoms with E-state index in [1.807, 2.05) is 19.9 Å². The standard InChI is InChI=1S/C29H42O5/c1-6-32-29(33-7-2)19-23-24(30)14-11-17-28(23,29)26(31)34-25-18-20(3)15-16-22(25)27(4,5)21-12-9-8-10-13-21/h8-10,12-13,20,22-23,25H,6-7,11,14-19H2,1-5H3/t20-,22-,23+,25-,28-/m0/s1. The first-order valence-electron chi connectivity index (χ1n) is 13.3. The molecule has 5 heteroatoms. The Morgan fingerprint density at radius 3 is 2.41 bits per heavy atom. The minimum Gasteiger partial charge on any atom is -0.461 e. The summed E-state index contributed by atoms with van der Waals surface area (Å²) in [6, 6.07) is 10.5. The molecule has 3 aliphatic rings. The summed E-state index contributed by atoms with van der Waals surface area (Å²) in [6.45, 7) is 11.5.